The van der Waals surface area contributed by atoms with Crippen LogP contribution in [0.25, 0.3) is 10.9 Å². The van der Waals surface area contributed by atoms with Crippen LogP contribution in [-0.2, 0) is 16.3 Å². The van der Waals surface area contributed by atoms with E-state index in [1.54, 1.807) is 30.5 Å². The van der Waals surface area contributed by atoms with Crippen molar-refractivity contribution < 1.29 is 8.42 Å². The predicted octanol–water partition coefficient (Wildman–Crippen LogP) is 3.38. The minimum Gasteiger partial charge on any atom is -0.306 e. The van der Waals surface area contributed by atoms with Gasteiger partial charge in [-0.25, -0.2) is 8.42 Å². The molecule has 3 aromatic rings. The number of benzene rings is 2. The molecule has 0 saturated carbocycles. The van der Waals surface area contributed by atoms with Crippen LogP contribution in [0.4, 0.5) is 0 Å². The lowest BCUT2D eigenvalue weighted by Crippen LogP contribution is -2.14. The monoisotopic (exact) mass is 369 g/mol. The van der Waals surface area contributed by atoms with Gasteiger partial charge in [0, 0.05) is 11.9 Å². The molecule has 1 aromatic heterocycles. The molecule has 5 nitrogen and oxygen atoms in total. The molecule has 1 aliphatic rings. The molecule has 26 heavy (non-hydrogen) atoms. The smallest absolute Gasteiger partial charge is 0.206 e. The summed E-state index contributed by atoms with van der Waals surface area (Å²) in [4.78, 5) is 3.00. The molecule has 0 bridgehead atoms. The molecular formula is C20H23N3O2S. The molecule has 1 unspecified atom stereocenters. The predicted molar refractivity (Wildman–Crippen MR) is 102 cm³/mol. The van der Waals surface area contributed by atoms with Crippen molar-refractivity contribution in [2.45, 2.75) is 35.5 Å². The first-order valence-corrected chi connectivity index (χ1v) is 10.5. The summed E-state index contributed by atoms with van der Waals surface area (Å²) in [5.41, 5.74) is 3.26. The number of aromatic nitrogens is 2. The highest BCUT2D eigenvalue weighted by molar-refractivity contribution is 7.91. The minimum atomic E-state index is -3.54. The molecule has 4 rings (SSSR count). The lowest BCUT2D eigenvalue weighted by atomic mass is 9.92. The van der Waals surface area contributed by atoms with Gasteiger partial charge in [0.15, 0.2) is 0 Å². The highest BCUT2D eigenvalue weighted by Gasteiger charge is 2.25. The molecular weight excluding hydrogens is 346 g/mol. The van der Waals surface area contributed by atoms with Gasteiger partial charge in [0.25, 0.3) is 0 Å². The zero-order chi connectivity index (χ0) is 18.3. The summed E-state index contributed by atoms with van der Waals surface area (Å²) in [6.07, 6.45) is 3.61. The van der Waals surface area contributed by atoms with Crippen molar-refractivity contribution in [1.29, 1.82) is 0 Å². The number of hydrogen-bond acceptors (Lipinski definition) is 4. The standard InChI is InChI=1S/C20H23N3O2S/c1-3-14-10-17(4-6-19(14)15-8-9-23(2)13-15)26(24,25)18-5-7-20-16(11-18)12-21-22-20/h4-7,10-12,15H,3,8-9,13H2,1-2H3,(H,21,22). The summed E-state index contributed by atoms with van der Waals surface area (Å²) in [5, 5.41) is 7.61. The molecule has 1 fully saturated rings. The molecule has 1 N–H and O–H groups in total. The van der Waals surface area contributed by atoms with Gasteiger partial charge in [0.2, 0.25) is 9.84 Å². The SMILES string of the molecule is CCc1cc(S(=O)(=O)c2ccc3[nH]ncc3c2)ccc1C1CCN(C)C1. The molecule has 6 heteroatoms. The van der Waals surface area contributed by atoms with E-state index >= 15 is 0 Å². The van der Waals surface area contributed by atoms with Gasteiger partial charge in [-0.2, -0.15) is 5.10 Å². The van der Waals surface area contributed by atoms with E-state index in [1.807, 2.05) is 12.1 Å². The number of fused-ring (bicyclic) bond motifs is 1. The topological polar surface area (TPSA) is 66.1 Å². The summed E-state index contributed by atoms with van der Waals surface area (Å²) in [7, 11) is -1.41. The van der Waals surface area contributed by atoms with Crippen LogP contribution < -0.4 is 0 Å². The lowest BCUT2D eigenvalue weighted by Gasteiger charge is -2.16. The van der Waals surface area contributed by atoms with Gasteiger partial charge in [-0.3, -0.25) is 5.10 Å². The Morgan fingerprint density at radius 1 is 1.19 bits per heavy atom. The van der Waals surface area contributed by atoms with Crippen molar-refractivity contribution in [3.05, 3.63) is 53.7 Å². The van der Waals surface area contributed by atoms with Gasteiger partial charge in [-0.1, -0.05) is 13.0 Å². The molecule has 1 saturated heterocycles. The summed E-state index contributed by atoms with van der Waals surface area (Å²) in [6.45, 7) is 4.22. The maximum Gasteiger partial charge on any atom is 0.206 e. The maximum absolute atomic E-state index is 13.1. The second-order valence-corrected chi connectivity index (χ2v) is 9.03. The fourth-order valence-corrected chi connectivity index (χ4v) is 5.21. The molecule has 136 valence electrons. The number of hydrogen-bond donors (Lipinski definition) is 1. The normalized spacial score (nSPS) is 18.6. The minimum absolute atomic E-state index is 0.307. The molecule has 0 radical (unpaired) electrons. The van der Waals surface area contributed by atoms with Crippen LogP contribution in [0.15, 0.2) is 52.4 Å². The third-order valence-electron chi connectivity index (χ3n) is 5.36. The number of sulfone groups is 1. The number of H-pyrrole nitrogens is 1. The van der Waals surface area contributed by atoms with E-state index in [-0.39, 0.29) is 0 Å². The van der Waals surface area contributed by atoms with Gasteiger partial charge >= 0.3 is 0 Å². The van der Waals surface area contributed by atoms with Crippen LogP contribution in [0.5, 0.6) is 0 Å². The van der Waals surface area contributed by atoms with Gasteiger partial charge in [0.05, 0.1) is 21.5 Å². The zero-order valence-corrected chi connectivity index (χ0v) is 15.9. The molecule has 2 heterocycles. The first-order valence-electron chi connectivity index (χ1n) is 8.98. The largest absolute Gasteiger partial charge is 0.306 e. The Balaban J connectivity index is 1.74. The van der Waals surface area contributed by atoms with Gasteiger partial charge in [-0.15, -0.1) is 0 Å². The van der Waals surface area contributed by atoms with Crippen molar-refractivity contribution in [1.82, 2.24) is 15.1 Å². The van der Waals surface area contributed by atoms with Gasteiger partial charge < -0.3 is 4.90 Å². The zero-order valence-electron chi connectivity index (χ0n) is 15.1. The van der Waals surface area contributed by atoms with E-state index in [4.69, 9.17) is 0 Å². The maximum atomic E-state index is 13.1. The number of likely N-dealkylation sites (N-methyl/N-ethyl adjacent to an activating group) is 1. The van der Waals surface area contributed by atoms with E-state index < -0.39 is 9.84 Å². The molecule has 0 amide bonds. The Morgan fingerprint density at radius 2 is 1.96 bits per heavy atom. The van der Waals surface area contributed by atoms with Crippen molar-refractivity contribution in [2.24, 2.45) is 0 Å². The highest BCUT2D eigenvalue weighted by atomic mass is 32.2. The second kappa shape index (κ2) is 6.52. The molecule has 1 atom stereocenters. The van der Waals surface area contributed by atoms with E-state index in [1.165, 1.54) is 5.56 Å². The number of nitrogens with one attached hydrogen (secondary N) is 1. The van der Waals surface area contributed by atoms with Crippen molar-refractivity contribution in [2.75, 3.05) is 20.1 Å². The van der Waals surface area contributed by atoms with Gasteiger partial charge in [-0.05, 0) is 73.8 Å². The third kappa shape index (κ3) is 2.93. The van der Waals surface area contributed by atoms with Crippen LogP contribution in [0.3, 0.4) is 0 Å². The first-order chi connectivity index (χ1) is 12.5. The fourth-order valence-electron chi connectivity index (χ4n) is 3.87. The Hall–Kier alpha value is -2.18. The molecule has 0 spiro atoms. The summed E-state index contributed by atoms with van der Waals surface area (Å²) in [5.74, 6) is 0.494. The van der Waals surface area contributed by atoms with Crippen LogP contribution in [-0.4, -0.2) is 43.7 Å². The van der Waals surface area contributed by atoms with E-state index in [2.05, 4.69) is 29.1 Å². The van der Waals surface area contributed by atoms with Crippen LogP contribution >= 0.6 is 0 Å². The summed E-state index contributed by atoms with van der Waals surface area (Å²) >= 11 is 0. The average molecular weight is 369 g/mol. The van der Waals surface area contributed by atoms with E-state index in [0.717, 1.165) is 42.4 Å². The Morgan fingerprint density at radius 3 is 2.69 bits per heavy atom. The van der Waals surface area contributed by atoms with Gasteiger partial charge in [0.1, 0.15) is 0 Å². The molecule has 1 aliphatic heterocycles. The Labute approximate surface area is 154 Å². The summed E-state index contributed by atoms with van der Waals surface area (Å²) < 4.78 is 26.2. The number of aryl methyl sites for hydroxylation is 1. The van der Waals surface area contributed by atoms with E-state index in [0.29, 0.717) is 15.7 Å². The van der Waals surface area contributed by atoms with E-state index in [9.17, 15) is 8.42 Å². The number of rotatable bonds is 4. The lowest BCUT2D eigenvalue weighted by molar-refractivity contribution is 0.411. The Kier molecular flexibility index (Phi) is 4.32. The first kappa shape index (κ1) is 17.2. The number of aromatic amines is 1. The quantitative estimate of drug-likeness (QED) is 0.766. The average Bonchev–Trinajstić information content (AvgIpc) is 3.29. The Bertz CT molecular complexity index is 1060. The fraction of sp³-hybridized carbons (Fsp3) is 0.350. The van der Waals surface area contributed by atoms with Crippen molar-refractivity contribution >= 4 is 20.7 Å². The van der Waals surface area contributed by atoms with Crippen LogP contribution in [0, 0.1) is 0 Å². The summed E-state index contributed by atoms with van der Waals surface area (Å²) in [6, 6.07) is 10.7. The van der Waals surface area contributed by atoms with Crippen LogP contribution in [0.1, 0.15) is 30.4 Å². The third-order valence-corrected chi connectivity index (χ3v) is 7.11. The molecule has 0 aliphatic carbocycles. The highest BCUT2D eigenvalue weighted by Crippen LogP contribution is 2.32. The van der Waals surface area contributed by atoms with Crippen molar-refractivity contribution in [3.63, 3.8) is 0 Å². The molecule has 2 aromatic carbocycles. The van der Waals surface area contributed by atoms with Crippen LogP contribution in [0.2, 0.25) is 0 Å². The second-order valence-electron chi connectivity index (χ2n) is 7.08. The number of likely N-dealkylation sites (tertiary alicyclic amines) is 1. The van der Waals surface area contributed by atoms with Crippen molar-refractivity contribution in [3.8, 4) is 0 Å². The number of nitrogens with zero attached hydrogens (tertiary/aromatic N) is 2.